The van der Waals surface area contributed by atoms with Gasteiger partial charge in [0.05, 0.1) is 6.10 Å². The van der Waals surface area contributed by atoms with Crippen LogP contribution >= 0.6 is 0 Å². The van der Waals surface area contributed by atoms with Crippen LogP contribution in [0.3, 0.4) is 0 Å². The monoisotopic (exact) mass is 254 g/mol. The third-order valence-electron chi connectivity index (χ3n) is 2.60. The van der Waals surface area contributed by atoms with E-state index in [9.17, 15) is 14.7 Å². The van der Waals surface area contributed by atoms with Crippen LogP contribution in [0.5, 0.6) is 0 Å². The van der Waals surface area contributed by atoms with Gasteiger partial charge < -0.3 is 14.6 Å². The van der Waals surface area contributed by atoms with Crippen LogP contribution in [0, 0.1) is 0 Å². The quantitative estimate of drug-likeness (QED) is 0.457. The van der Waals surface area contributed by atoms with Crippen molar-refractivity contribution in [2.75, 3.05) is 0 Å². The van der Waals surface area contributed by atoms with Gasteiger partial charge in [-0.15, -0.1) is 0 Å². The highest BCUT2D eigenvalue weighted by Crippen LogP contribution is 2.32. The summed E-state index contributed by atoms with van der Waals surface area (Å²) in [6.45, 7) is 8.28. The molecule has 1 aliphatic carbocycles. The first kappa shape index (κ1) is 14.4. The van der Waals surface area contributed by atoms with E-state index in [2.05, 4.69) is 6.58 Å². The molecule has 1 saturated carbocycles. The van der Waals surface area contributed by atoms with Crippen LogP contribution in [0.25, 0.3) is 0 Å². The molecule has 1 rings (SSSR count). The van der Waals surface area contributed by atoms with Gasteiger partial charge in [-0.25, -0.2) is 9.59 Å². The Labute approximate surface area is 106 Å². The van der Waals surface area contributed by atoms with E-state index in [1.165, 1.54) is 6.92 Å². The molecule has 18 heavy (non-hydrogen) atoms. The van der Waals surface area contributed by atoms with Gasteiger partial charge in [-0.2, -0.15) is 0 Å². The van der Waals surface area contributed by atoms with E-state index in [0.717, 1.165) is 0 Å². The summed E-state index contributed by atoms with van der Waals surface area (Å²) in [6.07, 6.45) is -0.595. The maximum Gasteiger partial charge on any atom is 0.336 e. The highest BCUT2D eigenvalue weighted by atomic mass is 16.7. The maximum atomic E-state index is 11.7. The van der Waals surface area contributed by atoms with Gasteiger partial charge in [0.1, 0.15) is 0 Å². The molecular weight excluding hydrogens is 236 g/mol. The molecule has 0 spiro atoms. The number of carbonyl (C=O) groups is 2. The third-order valence-corrected chi connectivity index (χ3v) is 2.60. The third kappa shape index (κ3) is 3.70. The molecule has 5 heteroatoms. The summed E-state index contributed by atoms with van der Waals surface area (Å²) in [5.41, 5.74) is 1.31. The molecule has 5 nitrogen and oxygen atoms in total. The molecular formula is C13H18O5. The largest absolute Gasteiger partial charge is 0.422 e. The van der Waals surface area contributed by atoms with Crippen LogP contribution in [0.4, 0.5) is 0 Å². The molecule has 0 amide bonds. The van der Waals surface area contributed by atoms with E-state index in [1.54, 1.807) is 13.8 Å². The Kier molecular flexibility index (Phi) is 4.67. The first-order valence-electron chi connectivity index (χ1n) is 5.82. The smallest absolute Gasteiger partial charge is 0.336 e. The highest BCUT2D eigenvalue weighted by Gasteiger charge is 2.32. The Bertz CT molecular complexity index is 408. The Morgan fingerprint density at radius 2 is 1.89 bits per heavy atom. The van der Waals surface area contributed by atoms with Crippen LogP contribution < -0.4 is 0 Å². The van der Waals surface area contributed by atoms with Gasteiger partial charge in [0.2, 0.25) is 6.29 Å². The van der Waals surface area contributed by atoms with E-state index in [1.807, 2.05) is 0 Å². The molecule has 1 aliphatic rings. The molecule has 0 radical (unpaired) electrons. The van der Waals surface area contributed by atoms with Gasteiger partial charge in [-0.3, -0.25) is 0 Å². The zero-order valence-electron chi connectivity index (χ0n) is 10.9. The number of ether oxygens (including phenoxy) is 2. The molecule has 0 aromatic rings. The van der Waals surface area contributed by atoms with Crippen LogP contribution in [-0.4, -0.2) is 29.4 Å². The predicted octanol–water partition coefficient (Wildman–Crippen LogP) is 1.47. The molecule has 100 valence electrons. The van der Waals surface area contributed by atoms with Crippen molar-refractivity contribution < 1.29 is 24.2 Å². The number of hydrogen-bond donors (Lipinski definition) is 1. The molecule has 2 unspecified atom stereocenters. The molecule has 1 fully saturated rings. The number of aliphatic hydroxyl groups is 1. The number of hydrogen-bond acceptors (Lipinski definition) is 5. The van der Waals surface area contributed by atoms with Crippen LogP contribution in [0.1, 0.15) is 33.6 Å². The fourth-order valence-electron chi connectivity index (χ4n) is 1.30. The lowest BCUT2D eigenvalue weighted by Crippen LogP contribution is -2.24. The standard InChI is InChI=1S/C13H18O5/c1-5-11(17-12(15)7(2)3)18-13(16)8(4)9-6-10(9)14/h10-11,14H,2,5-6H2,1,3-4H3/b9-8-. The number of carbonyl (C=O) groups excluding carboxylic acids is 2. The summed E-state index contributed by atoms with van der Waals surface area (Å²) in [6, 6.07) is 0. The van der Waals surface area contributed by atoms with E-state index in [-0.39, 0.29) is 5.57 Å². The fraction of sp³-hybridized carbons (Fsp3) is 0.538. The molecule has 1 N–H and O–H groups in total. The second-order valence-electron chi connectivity index (χ2n) is 4.30. The minimum absolute atomic E-state index is 0.247. The van der Waals surface area contributed by atoms with E-state index in [4.69, 9.17) is 9.47 Å². The predicted molar refractivity (Wildman–Crippen MR) is 64.4 cm³/mol. The highest BCUT2D eigenvalue weighted by molar-refractivity contribution is 5.90. The summed E-state index contributed by atoms with van der Waals surface area (Å²) < 4.78 is 9.98. The van der Waals surface area contributed by atoms with Gasteiger partial charge >= 0.3 is 11.9 Å². The van der Waals surface area contributed by atoms with Gasteiger partial charge in [-0.05, 0) is 19.4 Å². The summed E-state index contributed by atoms with van der Waals surface area (Å²) in [4.78, 5) is 23.0. The second-order valence-corrected chi connectivity index (χ2v) is 4.30. The van der Waals surface area contributed by atoms with Crippen molar-refractivity contribution in [1.82, 2.24) is 0 Å². The SMILES string of the molecule is C=C(C)C(=O)OC(CC)OC(=O)/C(C)=C1/CC1O. The first-order valence-corrected chi connectivity index (χ1v) is 5.82. The normalized spacial score (nSPS) is 21.9. The van der Waals surface area contributed by atoms with Crippen molar-refractivity contribution in [2.45, 2.75) is 46.0 Å². The van der Waals surface area contributed by atoms with Crippen molar-refractivity contribution in [1.29, 1.82) is 0 Å². The lowest BCUT2D eigenvalue weighted by Gasteiger charge is -2.16. The van der Waals surface area contributed by atoms with Gasteiger partial charge in [-0.1, -0.05) is 13.5 Å². The zero-order valence-corrected chi connectivity index (χ0v) is 10.9. The number of esters is 2. The summed E-state index contributed by atoms with van der Waals surface area (Å²) in [5.74, 6) is -1.16. The van der Waals surface area contributed by atoms with Gasteiger partial charge in [0.15, 0.2) is 0 Å². The number of aliphatic hydroxyl groups excluding tert-OH is 1. The molecule has 2 atom stereocenters. The molecule has 0 aromatic heterocycles. The summed E-state index contributed by atoms with van der Waals surface area (Å²) in [7, 11) is 0. The van der Waals surface area contributed by atoms with Crippen molar-refractivity contribution in [3.8, 4) is 0 Å². The topological polar surface area (TPSA) is 72.8 Å². The van der Waals surface area contributed by atoms with Crippen molar-refractivity contribution in [2.24, 2.45) is 0 Å². The molecule has 0 saturated heterocycles. The van der Waals surface area contributed by atoms with Crippen molar-refractivity contribution in [3.05, 3.63) is 23.3 Å². The van der Waals surface area contributed by atoms with Gasteiger partial charge in [0, 0.05) is 24.0 Å². The van der Waals surface area contributed by atoms with Crippen molar-refractivity contribution in [3.63, 3.8) is 0 Å². The molecule has 0 bridgehead atoms. The summed E-state index contributed by atoms with van der Waals surface area (Å²) >= 11 is 0. The Morgan fingerprint density at radius 3 is 2.28 bits per heavy atom. The summed E-state index contributed by atoms with van der Waals surface area (Å²) in [5, 5.41) is 9.19. The zero-order chi connectivity index (χ0) is 13.9. The minimum Gasteiger partial charge on any atom is -0.422 e. The molecule has 0 heterocycles. The molecule has 0 aliphatic heterocycles. The second kappa shape index (κ2) is 5.82. The lowest BCUT2D eigenvalue weighted by molar-refractivity contribution is -0.182. The average Bonchev–Trinajstić information content (AvgIpc) is 3.03. The van der Waals surface area contributed by atoms with E-state index < -0.39 is 24.3 Å². The van der Waals surface area contributed by atoms with E-state index in [0.29, 0.717) is 24.0 Å². The Balaban J connectivity index is 2.56. The average molecular weight is 254 g/mol. The maximum absolute atomic E-state index is 11.7. The first-order chi connectivity index (χ1) is 8.36. The fourth-order valence-corrected chi connectivity index (χ4v) is 1.30. The van der Waals surface area contributed by atoms with Crippen LogP contribution in [0.15, 0.2) is 23.3 Å². The van der Waals surface area contributed by atoms with E-state index >= 15 is 0 Å². The Morgan fingerprint density at radius 1 is 1.39 bits per heavy atom. The minimum atomic E-state index is -0.923. The Hall–Kier alpha value is -1.62. The van der Waals surface area contributed by atoms with Crippen LogP contribution in [0.2, 0.25) is 0 Å². The van der Waals surface area contributed by atoms with Crippen LogP contribution in [-0.2, 0) is 19.1 Å². The van der Waals surface area contributed by atoms with Gasteiger partial charge in [0.25, 0.3) is 0 Å². The number of rotatable bonds is 5. The lowest BCUT2D eigenvalue weighted by atomic mass is 10.3. The van der Waals surface area contributed by atoms with Crippen molar-refractivity contribution >= 4 is 11.9 Å². The molecule has 0 aromatic carbocycles.